The van der Waals surface area contributed by atoms with Crippen LogP contribution in [0.15, 0.2) is 12.3 Å². The Morgan fingerprint density at radius 3 is 2.61 bits per heavy atom. The van der Waals surface area contributed by atoms with E-state index in [0.29, 0.717) is 5.69 Å². The van der Waals surface area contributed by atoms with E-state index < -0.39 is 5.97 Å². The maximum atomic E-state index is 11.1. The smallest absolute Gasteiger partial charge is 0.341 e. The summed E-state index contributed by atoms with van der Waals surface area (Å²) in [4.78, 5) is 15.1. The van der Waals surface area contributed by atoms with Crippen molar-refractivity contribution in [1.29, 1.82) is 0 Å². The second kappa shape index (κ2) is 5.71. The van der Waals surface area contributed by atoms with Crippen LogP contribution in [0, 0.1) is 0 Å². The first-order valence-electron chi connectivity index (χ1n) is 6.32. The summed E-state index contributed by atoms with van der Waals surface area (Å²) in [5, 5.41) is 9.10. The number of pyridine rings is 1. The highest BCUT2D eigenvalue weighted by molar-refractivity contribution is 5.91. The molecule has 0 bridgehead atoms. The molecule has 0 spiro atoms. The number of nitrogens with two attached hydrogens (primary N) is 1. The number of carboxylic acid groups (broad SMARTS) is 1. The van der Waals surface area contributed by atoms with Crippen LogP contribution < -0.4 is 10.5 Å². The first kappa shape index (κ1) is 12.7. The highest BCUT2D eigenvalue weighted by Gasteiger charge is 2.19. The molecular weight excluding hydrogens is 232 g/mol. The Hall–Kier alpha value is -1.78. The van der Waals surface area contributed by atoms with E-state index in [1.54, 1.807) is 0 Å². The van der Waals surface area contributed by atoms with Crippen molar-refractivity contribution in [2.24, 2.45) is 0 Å². The number of hydrogen-bond donors (Lipinski definition) is 2. The highest BCUT2D eigenvalue weighted by Crippen LogP contribution is 2.24. The summed E-state index contributed by atoms with van der Waals surface area (Å²) in [6.45, 7) is 0. The zero-order chi connectivity index (χ0) is 13.0. The number of ether oxygens (including phenoxy) is 1. The predicted octanol–water partition coefficient (Wildman–Crippen LogP) is 2.46. The van der Waals surface area contributed by atoms with E-state index in [4.69, 9.17) is 15.6 Å². The van der Waals surface area contributed by atoms with Crippen LogP contribution in [-0.2, 0) is 0 Å². The number of nitrogen functional groups attached to an aromatic ring is 1. The highest BCUT2D eigenvalue weighted by atomic mass is 16.5. The third-order valence-corrected chi connectivity index (χ3v) is 3.18. The quantitative estimate of drug-likeness (QED) is 0.805. The van der Waals surface area contributed by atoms with E-state index in [1.807, 2.05) is 0 Å². The Morgan fingerprint density at radius 1 is 1.33 bits per heavy atom. The van der Waals surface area contributed by atoms with E-state index in [9.17, 15) is 4.79 Å². The van der Waals surface area contributed by atoms with Gasteiger partial charge in [0.1, 0.15) is 11.7 Å². The normalized spacial score (nSPS) is 17.1. The third-order valence-electron chi connectivity index (χ3n) is 3.18. The van der Waals surface area contributed by atoms with Crippen LogP contribution in [0.3, 0.4) is 0 Å². The molecule has 0 amide bonds. The van der Waals surface area contributed by atoms with Crippen molar-refractivity contribution in [3.8, 4) is 5.88 Å². The Labute approximate surface area is 106 Å². The number of carboxylic acids is 1. The molecule has 0 atom stereocenters. The molecule has 5 nitrogen and oxygen atoms in total. The molecular formula is C13H18N2O3. The van der Waals surface area contributed by atoms with Gasteiger partial charge in [0.15, 0.2) is 0 Å². The molecule has 0 unspecified atom stereocenters. The van der Waals surface area contributed by atoms with E-state index >= 15 is 0 Å². The van der Waals surface area contributed by atoms with E-state index in [-0.39, 0.29) is 17.5 Å². The first-order chi connectivity index (χ1) is 8.66. The molecule has 1 aliphatic carbocycles. The summed E-state index contributed by atoms with van der Waals surface area (Å²) in [6.07, 6.45) is 8.13. The van der Waals surface area contributed by atoms with Crippen LogP contribution in [0.2, 0.25) is 0 Å². The summed E-state index contributed by atoms with van der Waals surface area (Å²) in [7, 11) is 0. The van der Waals surface area contributed by atoms with Gasteiger partial charge in [-0.15, -0.1) is 0 Å². The monoisotopic (exact) mass is 250 g/mol. The van der Waals surface area contributed by atoms with Gasteiger partial charge in [0.05, 0.1) is 11.9 Å². The van der Waals surface area contributed by atoms with Gasteiger partial charge in [-0.3, -0.25) is 0 Å². The maximum absolute atomic E-state index is 11.1. The minimum absolute atomic E-state index is 0.0410. The fourth-order valence-electron chi connectivity index (χ4n) is 2.23. The molecule has 0 aromatic carbocycles. The average molecular weight is 250 g/mol. The summed E-state index contributed by atoms with van der Waals surface area (Å²) in [5.41, 5.74) is 5.92. The van der Waals surface area contributed by atoms with Crippen LogP contribution in [0.5, 0.6) is 5.88 Å². The molecule has 1 fully saturated rings. The van der Waals surface area contributed by atoms with Crippen molar-refractivity contribution in [3.63, 3.8) is 0 Å². The molecule has 1 saturated carbocycles. The maximum Gasteiger partial charge on any atom is 0.341 e. The molecule has 1 aromatic rings. The molecule has 18 heavy (non-hydrogen) atoms. The first-order valence-corrected chi connectivity index (χ1v) is 6.32. The number of rotatable bonds is 3. The largest absolute Gasteiger partial charge is 0.477 e. The lowest BCUT2D eigenvalue weighted by atomic mass is 10.1. The van der Waals surface area contributed by atoms with Crippen molar-refractivity contribution < 1.29 is 14.6 Å². The van der Waals surface area contributed by atoms with E-state index in [1.165, 1.54) is 25.1 Å². The molecule has 3 N–H and O–H groups in total. The fraction of sp³-hybridized carbons (Fsp3) is 0.538. The topological polar surface area (TPSA) is 85.4 Å². The van der Waals surface area contributed by atoms with Crippen molar-refractivity contribution in [2.45, 2.75) is 44.6 Å². The lowest BCUT2D eigenvalue weighted by molar-refractivity contribution is 0.0686. The summed E-state index contributed by atoms with van der Waals surface area (Å²) in [6, 6.07) is 1.39. The van der Waals surface area contributed by atoms with Gasteiger partial charge < -0.3 is 15.6 Å². The predicted molar refractivity (Wildman–Crippen MR) is 67.7 cm³/mol. The third kappa shape index (κ3) is 3.12. The minimum atomic E-state index is -1.06. The molecule has 1 heterocycles. The van der Waals surface area contributed by atoms with Gasteiger partial charge >= 0.3 is 5.97 Å². The Morgan fingerprint density at radius 2 is 2.00 bits per heavy atom. The Kier molecular flexibility index (Phi) is 4.02. The molecule has 1 aliphatic rings. The SMILES string of the molecule is Nc1cnc(OC2CCCCCC2)c(C(=O)O)c1. The molecule has 0 saturated heterocycles. The number of aromatic carboxylic acids is 1. The zero-order valence-electron chi connectivity index (χ0n) is 10.3. The Balaban J connectivity index is 2.14. The van der Waals surface area contributed by atoms with E-state index in [0.717, 1.165) is 25.7 Å². The fourth-order valence-corrected chi connectivity index (χ4v) is 2.23. The molecule has 1 aromatic heterocycles. The standard InChI is InChI=1S/C13H18N2O3/c14-9-7-11(13(16)17)12(15-8-9)18-10-5-3-1-2-4-6-10/h7-8,10H,1-6,14H2,(H,16,17). The molecule has 98 valence electrons. The molecule has 0 aliphatic heterocycles. The number of carbonyl (C=O) groups is 1. The van der Waals surface area contributed by atoms with Crippen molar-refractivity contribution in [1.82, 2.24) is 4.98 Å². The van der Waals surface area contributed by atoms with Crippen molar-refractivity contribution in [2.75, 3.05) is 5.73 Å². The number of aromatic nitrogens is 1. The lowest BCUT2D eigenvalue weighted by Gasteiger charge is -2.17. The van der Waals surface area contributed by atoms with Crippen LogP contribution >= 0.6 is 0 Å². The summed E-state index contributed by atoms with van der Waals surface area (Å²) < 4.78 is 5.74. The molecule has 0 radical (unpaired) electrons. The van der Waals surface area contributed by atoms with Gasteiger partial charge in [0, 0.05) is 0 Å². The van der Waals surface area contributed by atoms with Crippen molar-refractivity contribution >= 4 is 11.7 Å². The number of hydrogen-bond acceptors (Lipinski definition) is 4. The molecule has 2 rings (SSSR count). The van der Waals surface area contributed by atoms with E-state index in [2.05, 4.69) is 4.98 Å². The van der Waals surface area contributed by atoms with Crippen molar-refractivity contribution in [3.05, 3.63) is 17.8 Å². The Bertz CT molecular complexity index is 426. The zero-order valence-corrected chi connectivity index (χ0v) is 10.3. The average Bonchev–Trinajstić information content (AvgIpc) is 2.60. The number of nitrogens with zero attached hydrogens (tertiary/aromatic N) is 1. The second-order valence-electron chi connectivity index (χ2n) is 4.66. The van der Waals surface area contributed by atoms with Gasteiger partial charge in [-0.25, -0.2) is 9.78 Å². The lowest BCUT2D eigenvalue weighted by Crippen LogP contribution is -2.18. The molecule has 5 heteroatoms. The van der Waals surface area contributed by atoms with Gasteiger partial charge in [-0.05, 0) is 31.7 Å². The van der Waals surface area contributed by atoms with Gasteiger partial charge in [0.2, 0.25) is 5.88 Å². The van der Waals surface area contributed by atoms with Gasteiger partial charge in [-0.2, -0.15) is 0 Å². The van der Waals surface area contributed by atoms with Gasteiger partial charge in [-0.1, -0.05) is 12.8 Å². The van der Waals surface area contributed by atoms with Crippen LogP contribution in [0.25, 0.3) is 0 Å². The van der Waals surface area contributed by atoms with Crippen LogP contribution in [0.1, 0.15) is 48.9 Å². The van der Waals surface area contributed by atoms with Crippen LogP contribution in [0.4, 0.5) is 5.69 Å². The number of anilines is 1. The van der Waals surface area contributed by atoms with Crippen LogP contribution in [-0.4, -0.2) is 22.2 Å². The minimum Gasteiger partial charge on any atom is -0.477 e. The van der Waals surface area contributed by atoms with Gasteiger partial charge in [0.25, 0.3) is 0 Å². The summed E-state index contributed by atoms with van der Waals surface area (Å²) in [5.74, 6) is -0.873. The summed E-state index contributed by atoms with van der Waals surface area (Å²) >= 11 is 0. The second-order valence-corrected chi connectivity index (χ2v) is 4.66.